The monoisotopic (exact) mass is 285 g/mol. The van der Waals surface area contributed by atoms with Crippen molar-refractivity contribution in [3.05, 3.63) is 70.7 Å². The van der Waals surface area contributed by atoms with E-state index in [2.05, 4.69) is 36.4 Å². The van der Waals surface area contributed by atoms with E-state index in [1.165, 1.54) is 24.0 Å². The molecule has 2 atom stereocenters. The van der Waals surface area contributed by atoms with E-state index in [9.17, 15) is 0 Å². The highest BCUT2D eigenvalue weighted by molar-refractivity contribution is 6.30. The minimum atomic E-state index is -0.301. The molecular formula is C18H20ClN. The van der Waals surface area contributed by atoms with Crippen molar-refractivity contribution < 1.29 is 0 Å². The summed E-state index contributed by atoms with van der Waals surface area (Å²) in [7, 11) is 0. The molecule has 0 spiro atoms. The van der Waals surface area contributed by atoms with Gasteiger partial charge in [0.15, 0.2) is 0 Å². The highest BCUT2D eigenvalue weighted by Crippen LogP contribution is 2.45. The van der Waals surface area contributed by atoms with Crippen LogP contribution in [0.3, 0.4) is 0 Å². The molecule has 3 rings (SSSR count). The van der Waals surface area contributed by atoms with Crippen LogP contribution in [0.1, 0.15) is 42.7 Å². The lowest BCUT2D eigenvalue weighted by molar-refractivity contribution is 0.254. The van der Waals surface area contributed by atoms with Crippen molar-refractivity contribution in [2.45, 2.75) is 37.1 Å². The first-order chi connectivity index (χ1) is 9.70. The third-order valence-corrected chi connectivity index (χ3v) is 4.75. The van der Waals surface area contributed by atoms with Crippen LogP contribution < -0.4 is 5.73 Å². The molecule has 20 heavy (non-hydrogen) atoms. The average Bonchev–Trinajstić information content (AvgIpc) is 2.49. The molecule has 2 aromatic carbocycles. The van der Waals surface area contributed by atoms with Crippen LogP contribution in [0.5, 0.6) is 0 Å². The zero-order valence-corrected chi connectivity index (χ0v) is 12.3. The van der Waals surface area contributed by atoms with Gasteiger partial charge < -0.3 is 5.73 Å². The quantitative estimate of drug-likeness (QED) is 0.838. The Labute approximate surface area is 125 Å². The first-order valence-corrected chi connectivity index (χ1v) is 7.68. The molecule has 0 saturated heterocycles. The predicted molar refractivity (Wildman–Crippen MR) is 85.0 cm³/mol. The molecule has 0 aliphatic heterocycles. The lowest BCUT2D eigenvalue weighted by atomic mass is 9.67. The third kappa shape index (κ3) is 2.48. The summed E-state index contributed by atoms with van der Waals surface area (Å²) in [5.41, 5.74) is 9.07. The van der Waals surface area contributed by atoms with Gasteiger partial charge in [-0.25, -0.2) is 0 Å². The second kappa shape index (κ2) is 5.59. The Kier molecular flexibility index (Phi) is 3.82. The second-order valence-electron chi connectivity index (χ2n) is 5.76. The summed E-state index contributed by atoms with van der Waals surface area (Å²) >= 11 is 6.16. The summed E-state index contributed by atoms with van der Waals surface area (Å²) in [6.07, 6.45) is 4.60. The molecular weight excluding hydrogens is 266 g/mol. The molecule has 1 saturated carbocycles. The first kappa shape index (κ1) is 13.7. The fourth-order valence-electron chi connectivity index (χ4n) is 3.47. The summed E-state index contributed by atoms with van der Waals surface area (Å²) in [5, 5.41) is 0.768. The Hall–Kier alpha value is -1.31. The normalized spacial score (nSPS) is 26.4. The molecule has 2 N–H and O–H groups in total. The summed E-state index contributed by atoms with van der Waals surface area (Å²) in [4.78, 5) is 0. The van der Waals surface area contributed by atoms with Crippen LogP contribution in [0.25, 0.3) is 0 Å². The zero-order valence-electron chi connectivity index (χ0n) is 11.6. The number of rotatable bonds is 2. The van der Waals surface area contributed by atoms with Gasteiger partial charge in [-0.15, -0.1) is 0 Å². The van der Waals surface area contributed by atoms with Crippen molar-refractivity contribution >= 4 is 11.6 Å². The maximum absolute atomic E-state index is 6.87. The Morgan fingerprint density at radius 2 is 1.80 bits per heavy atom. The van der Waals surface area contributed by atoms with E-state index >= 15 is 0 Å². The van der Waals surface area contributed by atoms with E-state index in [4.69, 9.17) is 17.3 Å². The summed E-state index contributed by atoms with van der Waals surface area (Å²) in [6, 6.07) is 18.7. The van der Waals surface area contributed by atoms with Crippen LogP contribution in [0.4, 0.5) is 0 Å². The number of halogens is 1. The molecule has 2 heteroatoms. The van der Waals surface area contributed by atoms with E-state index in [0.29, 0.717) is 5.92 Å². The van der Waals surface area contributed by atoms with Crippen LogP contribution in [0.15, 0.2) is 54.6 Å². The summed E-state index contributed by atoms with van der Waals surface area (Å²) in [5.74, 6) is 0.371. The van der Waals surface area contributed by atoms with Gasteiger partial charge in [-0.3, -0.25) is 0 Å². The van der Waals surface area contributed by atoms with Crippen LogP contribution in [-0.2, 0) is 5.54 Å². The SMILES string of the molecule is NC1(c2cccc(Cl)c2)CCCCC1c1ccccc1. The molecule has 1 aliphatic rings. The van der Waals surface area contributed by atoms with Gasteiger partial charge in [0.1, 0.15) is 0 Å². The molecule has 1 aliphatic carbocycles. The molecule has 104 valence electrons. The molecule has 0 heterocycles. The molecule has 0 amide bonds. The third-order valence-electron chi connectivity index (χ3n) is 4.52. The van der Waals surface area contributed by atoms with Crippen molar-refractivity contribution in [3.63, 3.8) is 0 Å². The van der Waals surface area contributed by atoms with Crippen LogP contribution in [-0.4, -0.2) is 0 Å². The Balaban J connectivity index is 2.04. The van der Waals surface area contributed by atoms with Crippen LogP contribution in [0.2, 0.25) is 5.02 Å². The maximum atomic E-state index is 6.87. The molecule has 1 fully saturated rings. The summed E-state index contributed by atoms with van der Waals surface area (Å²) < 4.78 is 0. The van der Waals surface area contributed by atoms with Crippen molar-refractivity contribution in [2.24, 2.45) is 5.73 Å². The highest BCUT2D eigenvalue weighted by atomic mass is 35.5. The zero-order chi connectivity index (χ0) is 14.0. The van der Waals surface area contributed by atoms with Gasteiger partial charge in [-0.05, 0) is 36.1 Å². The lowest BCUT2D eigenvalue weighted by Crippen LogP contribution is -2.44. The second-order valence-corrected chi connectivity index (χ2v) is 6.20. The van der Waals surface area contributed by atoms with Crippen molar-refractivity contribution in [3.8, 4) is 0 Å². The van der Waals surface area contributed by atoms with Gasteiger partial charge in [0, 0.05) is 16.5 Å². The van der Waals surface area contributed by atoms with E-state index in [0.717, 1.165) is 17.9 Å². The van der Waals surface area contributed by atoms with Crippen molar-refractivity contribution in [2.75, 3.05) is 0 Å². The van der Waals surface area contributed by atoms with Crippen molar-refractivity contribution in [1.29, 1.82) is 0 Å². The number of hydrogen-bond donors (Lipinski definition) is 1. The molecule has 0 aromatic heterocycles. The predicted octanol–water partition coefficient (Wildman–Crippen LogP) is 4.85. The lowest BCUT2D eigenvalue weighted by Gasteiger charge is -2.42. The van der Waals surface area contributed by atoms with Gasteiger partial charge in [0.25, 0.3) is 0 Å². The molecule has 2 aromatic rings. The summed E-state index contributed by atoms with van der Waals surface area (Å²) in [6.45, 7) is 0. The van der Waals surface area contributed by atoms with Gasteiger partial charge >= 0.3 is 0 Å². The average molecular weight is 286 g/mol. The van der Waals surface area contributed by atoms with Gasteiger partial charge in [-0.1, -0.05) is 66.9 Å². The molecule has 0 bridgehead atoms. The fraction of sp³-hybridized carbons (Fsp3) is 0.333. The molecule has 0 radical (unpaired) electrons. The van der Waals surface area contributed by atoms with E-state index in [-0.39, 0.29) is 5.54 Å². The molecule has 1 nitrogen and oxygen atoms in total. The number of nitrogens with two attached hydrogens (primary N) is 1. The Morgan fingerprint density at radius 3 is 2.55 bits per heavy atom. The smallest absolute Gasteiger partial charge is 0.0479 e. The highest BCUT2D eigenvalue weighted by Gasteiger charge is 2.39. The minimum Gasteiger partial charge on any atom is -0.321 e. The number of benzene rings is 2. The van der Waals surface area contributed by atoms with Crippen LogP contribution >= 0.6 is 11.6 Å². The Morgan fingerprint density at radius 1 is 1.00 bits per heavy atom. The van der Waals surface area contributed by atoms with E-state index < -0.39 is 0 Å². The largest absolute Gasteiger partial charge is 0.321 e. The van der Waals surface area contributed by atoms with E-state index in [1.54, 1.807) is 0 Å². The first-order valence-electron chi connectivity index (χ1n) is 7.30. The van der Waals surface area contributed by atoms with Gasteiger partial charge in [0.05, 0.1) is 0 Å². The fourth-order valence-corrected chi connectivity index (χ4v) is 3.66. The minimum absolute atomic E-state index is 0.301. The number of hydrogen-bond acceptors (Lipinski definition) is 1. The van der Waals surface area contributed by atoms with Crippen molar-refractivity contribution in [1.82, 2.24) is 0 Å². The molecule has 2 unspecified atom stereocenters. The maximum Gasteiger partial charge on any atom is 0.0479 e. The standard InChI is InChI=1S/C18H20ClN/c19-16-10-6-9-15(13-16)18(20)12-5-4-11-17(18)14-7-2-1-3-8-14/h1-3,6-10,13,17H,4-5,11-12,20H2. The topological polar surface area (TPSA) is 26.0 Å². The van der Waals surface area contributed by atoms with Gasteiger partial charge in [-0.2, -0.15) is 0 Å². The van der Waals surface area contributed by atoms with Gasteiger partial charge in [0.2, 0.25) is 0 Å². The Bertz CT molecular complexity index is 581. The van der Waals surface area contributed by atoms with E-state index in [1.807, 2.05) is 18.2 Å². The van der Waals surface area contributed by atoms with Crippen LogP contribution in [0, 0.1) is 0 Å².